The Morgan fingerprint density at radius 3 is 2.78 bits per heavy atom. The van der Waals surface area contributed by atoms with Crippen LogP contribution in [0.15, 0.2) is 41.6 Å². The predicted molar refractivity (Wildman–Crippen MR) is 98.5 cm³/mol. The SMILES string of the molecule is CCCCc1ccc(-n2cc(/C=C3\SC(=S)NC3=O)cn2)cc1. The number of unbranched alkanes of at least 4 members (excludes halogenated alkanes) is 1. The molecule has 3 rings (SSSR count). The third kappa shape index (κ3) is 3.89. The second-order valence-electron chi connectivity index (χ2n) is 5.34. The van der Waals surface area contributed by atoms with Gasteiger partial charge in [-0.2, -0.15) is 5.10 Å². The van der Waals surface area contributed by atoms with E-state index < -0.39 is 0 Å². The first-order chi connectivity index (χ1) is 11.2. The van der Waals surface area contributed by atoms with Crippen LogP contribution in [0.2, 0.25) is 0 Å². The molecule has 0 spiro atoms. The molecule has 1 fully saturated rings. The molecule has 1 aromatic carbocycles. The van der Waals surface area contributed by atoms with Crippen LogP contribution in [0.5, 0.6) is 0 Å². The Morgan fingerprint density at radius 1 is 1.35 bits per heavy atom. The van der Waals surface area contributed by atoms with E-state index in [1.54, 1.807) is 12.3 Å². The number of carbonyl (C=O) groups is 1. The van der Waals surface area contributed by atoms with Crippen molar-refractivity contribution >= 4 is 40.3 Å². The second-order valence-corrected chi connectivity index (χ2v) is 7.06. The van der Waals surface area contributed by atoms with Gasteiger partial charge in [-0.1, -0.05) is 49.5 Å². The minimum atomic E-state index is -0.145. The third-order valence-corrected chi connectivity index (χ3v) is 4.72. The summed E-state index contributed by atoms with van der Waals surface area (Å²) in [5.41, 5.74) is 3.23. The van der Waals surface area contributed by atoms with E-state index >= 15 is 0 Å². The van der Waals surface area contributed by atoms with Gasteiger partial charge in [-0.05, 0) is 36.6 Å². The van der Waals surface area contributed by atoms with E-state index in [1.807, 2.05) is 10.9 Å². The van der Waals surface area contributed by atoms with E-state index in [1.165, 1.54) is 30.2 Å². The summed E-state index contributed by atoms with van der Waals surface area (Å²) in [7, 11) is 0. The van der Waals surface area contributed by atoms with Gasteiger partial charge >= 0.3 is 0 Å². The van der Waals surface area contributed by atoms with Crippen molar-refractivity contribution in [3.63, 3.8) is 0 Å². The average molecular weight is 343 g/mol. The minimum Gasteiger partial charge on any atom is -0.307 e. The number of hydrogen-bond donors (Lipinski definition) is 1. The van der Waals surface area contributed by atoms with Crippen molar-refractivity contribution in [3.8, 4) is 5.69 Å². The molecule has 0 bridgehead atoms. The molecule has 0 radical (unpaired) electrons. The van der Waals surface area contributed by atoms with Crippen molar-refractivity contribution in [2.75, 3.05) is 0 Å². The molecule has 1 aliphatic rings. The smallest absolute Gasteiger partial charge is 0.263 e. The lowest BCUT2D eigenvalue weighted by Gasteiger charge is -2.03. The molecular weight excluding hydrogens is 326 g/mol. The lowest BCUT2D eigenvalue weighted by atomic mass is 10.1. The van der Waals surface area contributed by atoms with Gasteiger partial charge in [0.2, 0.25) is 0 Å². The fraction of sp³-hybridized carbons (Fsp3) is 0.235. The molecule has 2 aromatic rings. The molecule has 23 heavy (non-hydrogen) atoms. The highest BCUT2D eigenvalue weighted by Gasteiger charge is 2.22. The van der Waals surface area contributed by atoms with Gasteiger partial charge in [0.05, 0.1) is 16.8 Å². The van der Waals surface area contributed by atoms with Crippen molar-refractivity contribution in [2.45, 2.75) is 26.2 Å². The van der Waals surface area contributed by atoms with Gasteiger partial charge in [-0.3, -0.25) is 4.79 Å². The molecule has 0 aliphatic carbocycles. The van der Waals surface area contributed by atoms with Gasteiger partial charge in [0.25, 0.3) is 5.91 Å². The van der Waals surface area contributed by atoms with Crippen LogP contribution < -0.4 is 5.32 Å². The molecule has 1 amide bonds. The molecule has 1 saturated heterocycles. The average Bonchev–Trinajstić information content (AvgIpc) is 3.13. The Labute approximate surface area is 145 Å². The number of aromatic nitrogens is 2. The number of thioether (sulfide) groups is 1. The summed E-state index contributed by atoms with van der Waals surface area (Å²) < 4.78 is 2.31. The predicted octanol–water partition coefficient (Wildman–Crippen LogP) is 3.70. The lowest BCUT2D eigenvalue weighted by molar-refractivity contribution is -0.115. The number of thiocarbonyl (C=S) groups is 1. The molecule has 0 unspecified atom stereocenters. The van der Waals surface area contributed by atoms with Gasteiger partial charge < -0.3 is 5.32 Å². The van der Waals surface area contributed by atoms with Crippen molar-refractivity contribution in [1.82, 2.24) is 15.1 Å². The van der Waals surface area contributed by atoms with Gasteiger partial charge in [0.1, 0.15) is 4.32 Å². The van der Waals surface area contributed by atoms with Crippen LogP contribution in [-0.2, 0) is 11.2 Å². The molecule has 4 nitrogen and oxygen atoms in total. The Bertz CT molecular complexity index is 762. The summed E-state index contributed by atoms with van der Waals surface area (Å²) in [5.74, 6) is -0.145. The van der Waals surface area contributed by atoms with Crippen molar-refractivity contribution < 1.29 is 4.79 Å². The maximum atomic E-state index is 11.7. The van der Waals surface area contributed by atoms with Gasteiger partial charge in [-0.15, -0.1) is 0 Å². The number of nitrogens with zero attached hydrogens (tertiary/aromatic N) is 2. The third-order valence-electron chi connectivity index (χ3n) is 3.56. The van der Waals surface area contributed by atoms with E-state index in [2.05, 4.69) is 41.6 Å². The highest BCUT2D eigenvalue weighted by Crippen LogP contribution is 2.25. The first-order valence-electron chi connectivity index (χ1n) is 7.54. The Balaban J connectivity index is 1.75. The summed E-state index contributed by atoms with van der Waals surface area (Å²) in [6.45, 7) is 2.20. The zero-order valence-electron chi connectivity index (χ0n) is 12.8. The number of carbonyl (C=O) groups excluding carboxylic acids is 1. The topological polar surface area (TPSA) is 46.9 Å². The summed E-state index contributed by atoms with van der Waals surface area (Å²) >= 11 is 6.26. The van der Waals surface area contributed by atoms with Crippen LogP contribution in [0.1, 0.15) is 30.9 Å². The number of benzene rings is 1. The van der Waals surface area contributed by atoms with Crippen LogP contribution in [-0.4, -0.2) is 20.0 Å². The maximum Gasteiger partial charge on any atom is 0.263 e. The number of amides is 1. The van der Waals surface area contributed by atoms with Gasteiger partial charge in [0.15, 0.2) is 0 Å². The Morgan fingerprint density at radius 2 is 2.13 bits per heavy atom. The van der Waals surface area contributed by atoms with Crippen LogP contribution >= 0.6 is 24.0 Å². The molecule has 6 heteroatoms. The molecule has 1 aliphatic heterocycles. The molecule has 118 valence electrons. The molecule has 2 heterocycles. The van der Waals surface area contributed by atoms with Crippen LogP contribution in [0, 0.1) is 0 Å². The minimum absolute atomic E-state index is 0.145. The van der Waals surface area contributed by atoms with Crippen molar-refractivity contribution in [3.05, 3.63) is 52.7 Å². The second kappa shape index (κ2) is 7.10. The van der Waals surface area contributed by atoms with Crippen LogP contribution in [0.4, 0.5) is 0 Å². The summed E-state index contributed by atoms with van der Waals surface area (Å²) in [4.78, 5) is 12.3. The summed E-state index contributed by atoms with van der Waals surface area (Å²) in [6, 6.07) is 8.43. The van der Waals surface area contributed by atoms with E-state index in [0.29, 0.717) is 9.23 Å². The fourth-order valence-corrected chi connectivity index (χ4v) is 3.37. The van der Waals surface area contributed by atoms with E-state index in [9.17, 15) is 4.79 Å². The summed E-state index contributed by atoms with van der Waals surface area (Å²) in [6.07, 6.45) is 8.97. The largest absolute Gasteiger partial charge is 0.307 e. The van der Waals surface area contributed by atoms with E-state index in [0.717, 1.165) is 17.7 Å². The number of nitrogens with one attached hydrogen (secondary N) is 1. The first kappa shape index (κ1) is 16.0. The highest BCUT2D eigenvalue weighted by molar-refractivity contribution is 8.26. The molecule has 1 aromatic heterocycles. The standard InChI is InChI=1S/C17H17N3OS2/c1-2-3-4-12-5-7-14(8-6-12)20-11-13(10-18-20)9-15-16(21)19-17(22)23-15/h5-11H,2-4H2,1H3,(H,19,21,22)/b15-9-. The normalized spacial score (nSPS) is 16.1. The number of aryl methyl sites for hydroxylation is 1. The monoisotopic (exact) mass is 343 g/mol. The van der Waals surface area contributed by atoms with Crippen molar-refractivity contribution in [1.29, 1.82) is 0 Å². The lowest BCUT2D eigenvalue weighted by Crippen LogP contribution is -2.17. The van der Waals surface area contributed by atoms with Gasteiger partial charge in [0, 0.05) is 11.8 Å². The fourth-order valence-electron chi connectivity index (χ4n) is 2.32. The zero-order valence-corrected chi connectivity index (χ0v) is 14.4. The highest BCUT2D eigenvalue weighted by atomic mass is 32.2. The molecule has 0 saturated carbocycles. The number of rotatable bonds is 5. The van der Waals surface area contributed by atoms with Crippen molar-refractivity contribution in [2.24, 2.45) is 0 Å². The quantitative estimate of drug-likeness (QED) is 0.664. The van der Waals surface area contributed by atoms with Gasteiger partial charge in [-0.25, -0.2) is 4.68 Å². The first-order valence-corrected chi connectivity index (χ1v) is 8.77. The zero-order chi connectivity index (χ0) is 16.2. The molecular formula is C17H17N3OS2. The molecule has 0 atom stereocenters. The Kier molecular flexibility index (Phi) is 4.93. The maximum absolute atomic E-state index is 11.7. The Hall–Kier alpha value is -1.92. The van der Waals surface area contributed by atoms with Crippen LogP contribution in [0.3, 0.4) is 0 Å². The summed E-state index contributed by atoms with van der Waals surface area (Å²) in [5, 5.41) is 6.97. The molecule has 1 N–H and O–H groups in total. The van der Waals surface area contributed by atoms with E-state index in [4.69, 9.17) is 12.2 Å². The van der Waals surface area contributed by atoms with E-state index in [-0.39, 0.29) is 5.91 Å². The van der Waals surface area contributed by atoms with Crippen LogP contribution in [0.25, 0.3) is 11.8 Å². The number of hydrogen-bond acceptors (Lipinski definition) is 4.